The lowest BCUT2D eigenvalue weighted by atomic mass is 9.93. The molecule has 1 aliphatic rings. The van der Waals surface area contributed by atoms with Crippen LogP contribution in [0.3, 0.4) is 0 Å². The molecule has 1 aromatic heterocycles. The van der Waals surface area contributed by atoms with Crippen LogP contribution in [0.15, 0.2) is 12.4 Å². The Labute approximate surface area is 114 Å². The van der Waals surface area contributed by atoms with Crippen LogP contribution in [0.5, 0.6) is 0 Å². The van der Waals surface area contributed by atoms with E-state index in [1.807, 2.05) is 4.90 Å². The van der Waals surface area contributed by atoms with Gasteiger partial charge in [0.05, 0.1) is 12.4 Å². The van der Waals surface area contributed by atoms with E-state index < -0.39 is 0 Å². The van der Waals surface area contributed by atoms with Crippen LogP contribution in [0.1, 0.15) is 44.1 Å². The lowest BCUT2D eigenvalue weighted by Gasteiger charge is -2.19. The molecular weight excluding hydrogens is 240 g/mol. The number of anilines is 1. The van der Waals surface area contributed by atoms with Gasteiger partial charge in [-0.2, -0.15) is 0 Å². The molecule has 0 atom stereocenters. The Morgan fingerprint density at radius 2 is 2.21 bits per heavy atom. The summed E-state index contributed by atoms with van der Waals surface area (Å²) in [5.74, 6) is 0.709. The molecule has 19 heavy (non-hydrogen) atoms. The Hall–Kier alpha value is -1.65. The second-order valence-electron chi connectivity index (χ2n) is 5.85. The number of hydrogen-bond acceptors (Lipinski definition) is 4. The number of rotatable bonds is 4. The number of carbonyl (C=O) groups is 1. The molecule has 0 spiro atoms. The summed E-state index contributed by atoms with van der Waals surface area (Å²) in [6.45, 7) is 8.93. The van der Waals surface area contributed by atoms with E-state index in [0.29, 0.717) is 5.69 Å². The van der Waals surface area contributed by atoms with Crippen LogP contribution in [0.25, 0.3) is 0 Å². The summed E-state index contributed by atoms with van der Waals surface area (Å²) in [7, 11) is 0. The van der Waals surface area contributed by atoms with Gasteiger partial charge in [0.25, 0.3) is 5.91 Å². The Bertz CT molecular complexity index is 441. The van der Waals surface area contributed by atoms with Crippen LogP contribution in [-0.4, -0.2) is 40.4 Å². The molecule has 2 heterocycles. The first kappa shape index (κ1) is 13.8. The fourth-order valence-electron chi connectivity index (χ4n) is 2.23. The molecule has 5 nitrogen and oxygen atoms in total. The first-order valence-electron chi connectivity index (χ1n) is 6.87. The zero-order valence-corrected chi connectivity index (χ0v) is 11.9. The maximum absolute atomic E-state index is 12.3. The highest BCUT2D eigenvalue weighted by Crippen LogP contribution is 2.29. The molecule has 1 aliphatic heterocycles. The van der Waals surface area contributed by atoms with Gasteiger partial charge in [-0.3, -0.25) is 4.79 Å². The van der Waals surface area contributed by atoms with Gasteiger partial charge in [0.15, 0.2) is 0 Å². The summed E-state index contributed by atoms with van der Waals surface area (Å²) in [6, 6.07) is 0. The molecule has 1 aromatic rings. The van der Waals surface area contributed by atoms with Crippen molar-refractivity contribution in [2.24, 2.45) is 5.41 Å². The minimum absolute atomic E-state index is 0.0138. The third kappa shape index (κ3) is 3.43. The number of likely N-dealkylation sites (tertiary alicyclic amines) is 1. The lowest BCUT2D eigenvalue weighted by Crippen LogP contribution is -2.31. The van der Waals surface area contributed by atoms with Crippen LogP contribution in [0.4, 0.5) is 5.82 Å². The zero-order chi connectivity index (χ0) is 13.9. The van der Waals surface area contributed by atoms with Crippen LogP contribution in [0.2, 0.25) is 0 Å². The van der Waals surface area contributed by atoms with Crippen molar-refractivity contribution in [3.05, 3.63) is 18.1 Å². The number of nitrogens with one attached hydrogen (secondary N) is 1. The Kier molecular flexibility index (Phi) is 4.02. The monoisotopic (exact) mass is 262 g/mol. The summed E-state index contributed by atoms with van der Waals surface area (Å²) in [6.07, 6.45) is 5.27. The summed E-state index contributed by atoms with van der Waals surface area (Å²) in [5.41, 5.74) is 0.644. The van der Waals surface area contributed by atoms with Crippen LogP contribution < -0.4 is 5.32 Å². The largest absolute Gasteiger partial charge is 0.369 e. The molecule has 0 unspecified atom stereocenters. The van der Waals surface area contributed by atoms with Gasteiger partial charge in [-0.1, -0.05) is 20.8 Å². The summed E-state index contributed by atoms with van der Waals surface area (Å²) in [4.78, 5) is 22.6. The number of amides is 1. The molecular formula is C14H22N4O. The van der Waals surface area contributed by atoms with Gasteiger partial charge in [-0.15, -0.1) is 0 Å². The van der Waals surface area contributed by atoms with Crippen molar-refractivity contribution >= 4 is 11.7 Å². The van der Waals surface area contributed by atoms with Gasteiger partial charge < -0.3 is 10.2 Å². The third-order valence-corrected chi connectivity index (χ3v) is 3.39. The molecule has 1 N–H and O–H groups in total. The van der Waals surface area contributed by atoms with Gasteiger partial charge >= 0.3 is 0 Å². The minimum atomic E-state index is -0.0138. The molecule has 0 radical (unpaired) electrons. The molecule has 2 rings (SSSR count). The van der Waals surface area contributed by atoms with Crippen molar-refractivity contribution in [1.82, 2.24) is 14.9 Å². The van der Waals surface area contributed by atoms with Crippen LogP contribution >= 0.6 is 0 Å². The fraction of sp³-hybridized carbons (Fsp3) is 0.643. The van der Waals surface area contributed by atoms with Gasteiger partial charge in [0.1, 0.15) is 11.5 Å². The predicted octanol–water partition coefficient (Wildman–Crippen LogP) is 2.17. The summed E-state index contributed by atoms with van der Waals surface area (Å²) >= 11 is 0. The number of aromatic nitrogens is 2. The van der Waals surface area contributed by atoms with E-state index in [2.05, 4.69) is 36.1 Å². The lowest BCUT2D eigenvalue weighted by molar-refractivity contribution is 0.0772. The Morgan fingerprint density at radius 1 is 1.42 bits per heavy atom. The highest BCUT2D eigenvalue weighted by molar-refractivity contribution is 5.92. The topological polar surface area (TPSA) is 58.1 Å². The van der Waals surface area contributed by atoms with E-state index in [0.717, 1.165) is 38.3 Å². The molecule has 104 valence electrons. The molecule has 0 aromatic carbocycles. The van der Waals surface area contributed by atoms with Gasteiger partial charge in [0, 0.05) is 19.6 Å². The number of nitrogens with zero attached hydrogens (tertiary/aromatic N) is 3. The predicted molar refractivity (Wildman–Crippen MR) is 75.1 cm³/mol. The average Bonchev–Trinajstić information content (AvgIpc) is 2.76. The van der Waals surface area contributed by atoms with Gasteiger partial charge in [-0.05, 0) is 18.3 Å². The fourth-order valence-corrected chi connectivity index (χ4v) is 2.23. The molecule has 1 saturated heterocycles. The van der Waals surface area contributed by atoms with Gasteiger partial charge in [0.2, 0.25) is 0 Å². The summed E-state index contributed by atoms with van der Waals surface area (Å²) in [5, 5.41) is 3.14. The first-order valence-corrected chi connectivity index (χ1v) is 6.87. The normalized spacial score (nSPS) is 17.5. The zero-order valence-electron chi connectivity index (χ0n) is 11.9. The standard InChI is InChI=1S/C14H22N4O/c1-4-6-15-12-9-16-11(8-17-12)13(19)18-7-5-14(2,3)10-18/h8-9H,4-7,10H2,1-3H3,(H,15,17). The van der Waals surface area contributed by atoms with E-state index in [1.165, 1.54) is 0 Å². The molecule has 0 bridgehead atoms. The highest BCUT2D eigenvalue weighted by Gasteiger charge is 2.32. The smallest absolute Gasteiger partial charge is 0.274 e. The molecule has 1 fully saturated rings. The third-order valence-electron chi connectivity index (χ3n) is 3.39. The van der Waals surface area contributed by atoms with Crippen molar-refractivity contribution < 1.29 is 4.79 Å². The molecule has 0 aliphatic carbocycles. The molecule has 1 amide bonds. The second kappa shape index (κ2) is 5.55. The van der Waals surface area contributed by atoms with E-state index in [-0.39, 0.29) is 11.3 Å². The van der Waals surface area contributed by atoms with Crippen LogP contribution in [0, 0.1) is 5.41 Å². The number of hydrogen-bond donors (Lipinski definition) is 1. The van der Waals surface area contributed by atoms with Crippen molar-refractivity contribution in [2.75, 3.05) is 25.0 Å². The van der Waals surface area contributed by atoms with Gasteiger partial charge in [-0.25, -0.2) is 9.97 Å². The number of carbonyl (C=O) groups excluding carboxylic acids is 1. The average molecular weight is 262 g/mol. The van der Waals surface area contributed by atoms with E-state index >= 15 is 0 Å². The Balaban J connectivity index is 2.00. The first-order chi connectivity index (χ1) is 9.02. The minimum Gasteiger partial charge on any atom is -0.369 e. The molecule has 0 saturated carbocycles. The summed E-state index contributed by atoms with van der Waals surface area (Å²) < 4.78 is 0. The van der Waals surface area contributed by atoms with E-state index in [9.17, 15) is 4.79 Å². The van der Waals surface area contributed by atoms with E-state index in [4.69, 9.17) is 0 Å². The quantitative estimate of drug-likeness (QED) is 0.903. The Morgan fingerprint density at radius 3 is 2.74 bits per heavy atom. The van der Waals surface area contributed by atoms with Crippen molar-refractivity contribution in [2.45, 2.75) is 33.6 Å². The van der Waals surface area contributed by atoms with E-state index in [1.54, 1.807) is 12.4 Å². The molecule has 5 heteroatoms. The van der Waals surface area contributed by atoms with Crippen LogP contribution in [-0.2, 0) is 0 Å². The maximum Gasteiger partial charge on any atom is 0.274 e. The SMILES string of the molecule is CCCNc1cnc(C(=O)N2CCC(C)(C)C2)cn1. The van der Waals surface area contributed by atoms with Crippen molar-refractivity contribution in [3.63, 3.8) is 0 Å². The highest BCUT2D eigenvalue weighted by atomic mass is 16.2. The second-order valence-corrected chi connectivity index (χ2v) is 5.85. The van der Waals surface area contributed by atoms with Crippen molar-refractivity contribution in [3.8, 4) is 0 Å². The van der Waals surface area contributed by atoms with Crippen molar-refractivity contribution in [1.29, 1.82) is 0 Å². The maximum atomic E-state index is 12.3.